The second kappa shape index (κ2) is 6.49. The zero-order chi connectivity index (χ0) is 14.5. The summed E-state index contributed by atoms with van der Waals surface area (Å²) in [5.74, 6) is -0.753. The minimum absolute atomic E-state index is 0.207. The highest BCUT2D eigenvalue weighted by Gasteiger charge is 2.23. The lowest BCUT2D eigenvalue weighted by Gasteiger charge is -2.16. The summed E-state index contributed by atoms with van der Waals surface area (Å²) in [6, 6.07) is 6.29. The van der Waals surface area contributed by atoms with Crippen LogP contribution in [0.1, 0.15) is 30.4 Å². The van der Waals surface area contributed by atoms with Crippen molar-refractivity contribution < 1.29 is 14.3 Å². The highest BCUT2D eigenvalue weighted by molar-refractivity contribution is 5.66. The fourth-order valence-electron chi connectivity index (χ4n) is 2.65. The first-order chi connectivity index (χ1) is 9.58. The molecule has 0 spiro atoms. The van der Waals surface area contributed by atoms with E-state index >= 15 is 0 Å². The number of carboxylic acid groups (broad SMARTS) is 1. The van der Waals surface area contributed by atoms with Crippen LogP contribution in [0.15, 0.2) is 18.2 Å². The van der Waals surface area contributed by atoms with Crippen molar-refractivity contribution in [3.05, 3.63) is 35.1 Å². The van der Waals surface area contributed by atoms with Gasteiger partial charge >= 0.3 is 5.97 Å². The van der Waals surface area contributed by atoms with Crippen LogP contribution in [0.25, 0.3) is 0 Å². The van der Waals surface area contributed by atoms with E-state index in [1.165, 1.54) is 12.1 Å². The molecule has 106 valence electrons. The molecule has 1 unspecified atom stereocenters. The van der Waals surface area contributed by atoms with Crippen LogP contribution < -0.4 is 0 Å². The summed E-state index contributed by atoms with van der Waals surface area (Å²) in [6.07, 6.45) is 1.88. The topological polar surface area (TPSA) is 64.3 Å². The average Bonchev–Trinajstić information content (AvgIpc) is 2.86. The number of hydrogen-bond acceptors (Lipinski definition) is 3. The largest absolute Gasteiger partial charge is 0.481 e. The summed E-state index contributed by atoms with van der Waals surface area (Å²) in [5.41, 5.74) is 1.20. The molecule has 1 saturated heterocycles. The highest BCUT2D eigenvalue weighted by atomic mass is 19.1. The molecule has 1 N–H and O–H groups in total. The Hall–Kier alpha value is -1.93. The minimum Gasteiger partial charge on any atom is -0.481 e. The van der Waals surface area contributed by atoms with Crippen molar-refractivity contribution >= 4 is 5.97 Å². The number of carbonyl (C=O) groups is 1. The third kappa shape index (κ3) is 3.78. The van der Waals surface area contributed by atoms with Crippen LogP contribution in [0.2, 0.25) is 0 Å². The minimum atomic E-state index is -0.756. The van der Waals surface area contributed by atoms with Gasteiger partial charge in [0.05, 0.1) is 11.6 Å². The van der Waals surface area contributed by atoms with Gasteiger partial charge in [-0.1, -0.05) is 6.07 Å². The monoisotopic (exact) mass is 276 g/mol. The van der Waals surface area contributed by atoms with E-state index in [-0.39, 0.29) is 6.42 Å². The van der Waals surface area contributed by atoms with Crippen molar-refractivity contribution in [3.63, 3.8) is 0 Å². The van der Waals surface area contributed by atoms with E-state index in [1.54, 1.807) is 6.07 Å². The third-order valence-corrected chi connectivity index (χ3v) is 3.72. The van der Waals surface area contributed by atoms with E-state index in [4.69, 9.17) is 10.4 Å². The molecule has 1 fully saturated rings. The smallest absolute Gasteiger partial charge is 0.303 e. The van der Waals surface area contributed by atoms with Crippen molar-refractivity contribution in [1.82, 2.24) is 4.90 Å². The maximum absolute atomic E-state index is 13.1. The molecule has 0 aromatic heterocycles. The van der Waals surface area contributed by atoms with Crippen LogP contribution in [-0.2, 0) is 11.3 Å². The molecule has 0 saturated carbocycles. The summed E-state index contributed by atoms with van der Waals surface area (Å²) < 4.78 is 13.1. The number of benzene rings is 1. The Bertz CT molecular complexity index is 539. The Morgan fingerprint density at radius 1 is 1.55 bits per heavy atom. The number of carboxylic acids is 1. The lowest BCUT2D eigenvalue weighted by molar-refractivity contribution is -0.137. The first kappa shape index (κ1) is 14.5. The Kier molecular flexibility index (Phi) is 4.70. The van der Waals surface area contributed by atoms with Crippen molar-refractivity contribution in [1.29, 1.82) is 5.26 Å². The molecular formula is C15H17FN2O2. The van der Waals surface area contributed by atoms with Gasteiger partial charge in [0.2, 0.25) is 0 Å². The predicted molar refractivity (Wildman–Crippen MR) is 71.4 cm³/mol. The molecule has 1 aliphatic heterocycles. The number of hydrogen-bond donors (Lipinski definition) is 1. The molecule has 0 amide bonds. The maximum atomic E-state index is 13.1. The fourth-order valence-corrected chi connectivity index (χ4v) is 2.65. The van der Waals surface area contributed by atoms with Gasteiger partial charge in [-0.15, -0.1) is 0 Å². The molecule has 1 heterocycles. The summed E-state index contributed by atoms with van der Waals surface area (Å²) in [7, 11) is 0. The van der Waals surface area contributed by atoms with Crippen LogP contribution in [0, 0.1) is 23.1 Å². The van der Waals surface area contributed by atoms with Gasteiger partial charge in [-0.2, -0.15) is 5.26 Å². The Labute approximate surface area is 117 Å². The van der Waals surface area contributed by atoms with Crippen molar-refractivity contribution in [2.24, 2.45) is 5.92 Å². The zero-order valence-electron chi connectivity index (χ0n) is 11.2. The van der Waals surface area contributed by atoms with Gasteiger partial charge in [-0.05, 0) is 43.0 Å². The molecule has 1 aliphatic rings. The Morgan fingerprint density at radius 3 is 3.05 bits per heavy atom. The van der Waals surface area contributed by atoms with Gasteiger partial charge in [0.15, 0.2) is 0 Å². The van der Waals surface area contributed by atoms with E-state index in [0.29, 0.717) is 24.4 Å². The normalized spacial score (nSPS) is 18.9. The Balaban J connectivity index is 1.92. The van der Waals surface area contributed by atoms with Crippen molar-refractivity contribution in [2.75, 3.05) is 13.1 Å². The summed E-state index contributed by atoms with van der Waals surface area (Å²) in [4.78, 5) is 12.8. The molecule has 4 nitrogen and oxygen atoms in total. The molecule has 5 heteroatoms. The first-order valence-corrected chi connectivity index (χ1v) is 6.71. The molecule has 2 rings (SSSR count). The molecule has 1 atom stereocenters. The van der Waals surface area contributed by atoms with Crippen LogP contribution in [0.4, 0.5) is 4.39 Å². The number of halogens is 1. The molecule has 1 aromatic rings. The number of nitrogens with zero attached hydrogens (tertiary/aromatic N) is 2. The van der Waals surface area contributed by atoms with Gasteiger partial charge in [0, 0.05) is 19.5 Å². The van der Waals surface area contributed by atoms with Gasteiger partial charge in [-0.25, -0.2) is 4.39 Å². The standard InChI is InChI=1S/C15H17FN2O2/c16-14-3-2-12(13(7-14)8-17)10-18-6-5-11(9-18)1-4-15(19)20/h2-3,7,11H,1,4-6,9-10H2,(H,19,20). The number of rotatable bonds is 5. The van der Waals surface area contributed by atoms with E-state index in [9.17, 15) is 9.18 Å². The van der Waals surface area contributed by atoms with E-state index in [1.807, 2.05) is 6.07 Å². The summed E-state index contributed by atoms with van der Waals surface area (Å²) in [5, 5.41) is 17.7. The van der Waals surface area contributed by atoms with Gasteiger partial charge in [0.25, 0.3) is 0 Å². The second-order valence-electron chi connectivity index (χ2n) is 5.24. The van der Waals surface area contributed by atoms with Gasteiger partial charge in [-0.3, -0.25) is 9.69 Å². The third-order valence-electron chi connectivity index (χ3n) is 3.72. The quantitative estimate of drug-likeness (QED) is 0.896. The number of nitriles is 1. The van der Waals surface area contributed by atoms with E-state index < -0.39 is 11.8 Å². The van der Waals surface area contributed by atoms with Crippen LogP contribution in [-0.4, -0.2) is 29.1 Å². The zero-order valence-corrected chi connectivity index (χ0v) is 11.2. The molecule has 0 bridgehead atoms. The number of aliphatic carboxylic acids is 1. The van der Waals surface area contributed by atoms with Gasteiger partial charge in [0.1, 0.15) is 5.82 Å². The summed E-state index contributed by atoms with van der Waals surface area (Å²) in [6.45, 7) is 2.36. The summed E-state index contributed by atoms with van der Waals surface area (Å²) >= 11 is 0. The average molecular weight is 276 g/mol. The fraction of sp³-hybridized carbons (Fsp3) is 0.467. The first-order valence-electron chi connectivity index (χ1n) is 6.71. The van der Waals surface area contributed by atoms with Crippen molar-refractivity contribution in [3.8, 4) is 6.07 Å². The van der Waals surface area contributed by atoms with E-state index in [2.05, 4.69) is 4.90 Å². The maximum Gasteiger partial charge on any atom is 0.303 e. The van der Waals surface area contributed by atoms with Crippen molar-refractivity contribution in [2.45, 2.75) is 25.8 Å². The van der Waals surface area contributed by atoms with Crippen LogP contribution in [0.5, 0.6) is 0 Å². The second-order valence-corrected chi connectivity index (χ2v) is 5.24. The molecular weight excluding hydrogens is 259 g/mol. The lowest BCUT2D eigenvalue weighted by atomic mass is 10.0. The Morgan fingerprint density at radius 2 is 2.35 bits per heavy atom. The molecule has 0 aliphatic carbocycles. The highest BCUT2D eigenvalue weighted by Crippen LogP contribution is 2.23. The molecule has 0 radical (unpaired) electrons. The SMILES string of the molecule is N#Cc1cc(F)ccc1CN1CCC(CCC(=O)O)C1. The number of likely N-dealkylation sites (tertiary alicyclic amines) is 1. The predicted octanol–water partition coefficient (Wildman–Crippen LogP) is 2.38. The molecule has 20 heavy (non-hydrogen) atoms. The van der Waals surface area contributed by atoms with E-state index in [0.717, 1.165) is 25.1 Å². The lowest BCUT2D eigenvalue weighted by Crippen LogP contribution is -2.21. The van der Waals surface area contributed by atoms with Crippen LogP contribution >= 0.6 is 0 Å². The molecule has 1 aromatic carbocycles. The van der Waals surface area contributed by atoms with Crippen LogP contribution in [0.3, 0.4) is 0 Å². The van der Waals surface area contributed by atoms with Gasteiger partial charge < -0.3 is 5.11 Å².